The number of hydrogen-bond acceptors (Lipinski definition) is 3. The average molecular weight is 317 g/mol. The van der Waals surface area contributed by atoms with Crippen molar-refractivity contribution in [2.45, 2.75) is 96.8 Å². The second-order valence-electron chi connectivity index (χ2n) is 5.73. The van der Waals surface area contributed by atoms with Crippen molar-refractivity contribution in [2.75, 3.05) is 0 Å². The van der Waals surface area contributed by atoms with Gasteiger partial charge >= 0.3 is 5.97 Å². The van der Waals surface area contributed by atoms with E-state index in [0.717, 1.165) is 12.8 Å². The summed E-state index contributed by atoms with van der Waals surface area (Å²) in [6.07, 6.45) is 21.2. The summed E-state index contributed by atoms with van der Waals surface area (Å²) in [5.74, 6) is -0.664. The molecule has 0 rings (SSSR count). The van der Waals surface area contributed by atoms with Gasteiger partial charge in [0.2, 0.25) is 0 Å². The van der Waals surface area contributed by atoms with E-state index in [1.54, 1.807) is 0 Å². The van der Waals surface area contributed by atoms with E-state index in [9.17, 15) is 4.79 Å². The van der Waals surface area contributed by atoms with Gasteiger partial charge in [0.1, 0.15) is 0 Å². The van der Waals surface area contributed by atoms with Crippen LogP contribution in [0.4, 0.5) is 0 Å². The van der Waals surface area contributed by atoms with Crippen LogP contribution in [-0.4, -0.2) is 11.1 Å². The second-order valence-corrected chi connectivity index (χ2v) is 5.73. The fourth-order valence-corrected chi connectivity index (χ4v) is 2.35. The van der Waals surface area contributed by atoms with Gasteiger partial charge in [0, 0.05) is 6.42 Å². The molecule has 0 unspecified atom stereocenters. The van der Waals surface area contributed by atoms with Crippen LogP contribution in [0.15, 0.2) is 12.2 Å². The highest BCUT2D eigenvalue weighted by molar-refractivity contribution is 5.66. The number of carboxylic acid groups (broad SMARTS) is 1. The van der Waals surface area contributed by atoms with Gasteiger partial charge in [-0.2, -0.15) is 0 Å². The van der Waals surface area contributed by atoms with E-state index in [1.165, 1.54) is 70.6 Å². The van der Waals surface area contributed by atoms with Crippen LogP contribution < -0.4 is 12.3 Å². The zero-order chi connectivity index (χ0) is 14.9. The molecular weight excluding hydrogens is 276 g/mol. The lowest BCUT2D eigenvalue weighted by atomic mass is 10.1. The number of carboxylic acids is 1. The zero-order valence-electron chi connectivity index (χ0n) is 14.8. The predicted octanol–water partition coefficient (Wildman–Crippen LogP) is 6.43. The van der Waals surface area contributed by atoms with Crippen molar-refractivity contribution in [3.8, 4) is 0 Å². The minimum atomic E-state index is -0.664. The van der Waals surface area contributed by atoms with Gasteiger partial charge in [-0.25, -0.2) is 0 Å². The van der Waals surface area contributed by atoms with E-state index in [1.807, 2.05) is 0 Å². The minimum absolute atomic E-state index is 0. The SMILES string of the molecule is CCCCCCCC/C=C\CCCCCCCC(=O)O.N.N. The molecule has 0 saturated heterocycles. The molecule has 4 heteroatoms. The molecule has 0 aliphatic heterocycles. The van der Waals surface area contributed by atoms with Crippen LogP contribution in [0.3, 0.4) is 0 Å². The second kappa shape index (κ2) is 22.4. The summed E-state index contributed by atoms with van der Waals surface area (Å²) < 4.78 is 0. The van der Waals surface area contributed by atoms with Gasteiger partial charge in [-0.15, -0.1) is 0 Å². The van der Waals surface area contributed by atoms with Crippen molar-refractivity contribution < 1.29 is 9.90 Å². The summed E-state index contributed by atoms with van der Waals surface area (Å²) in [6.45, 7) is 2.26. The third-order valence-corrected chi connectivity index (χ3v) is 3.65. The maximum Gasteiger partial charge on any atom is 0.303 e. The Morgan fingerprint density at radius 3 is 1.59 bits per heavy atom. The Kier molecular flexibility index (Phi) is 26.5. The maximum absolute atomic E-state index is 10.3. The van der Waals surface area contributed by atoms with Gasteiger partial charge in [-0.1, -0.05) is 70.4 Å². The molecule has 7 N–H and O–H groups in total. The number of aliphatic carboxylic acids is 1. The lowest BCUT2D eigenvalue weighted by molar-refractivity contribution is -0.137. The van der Waals surface area contributed by atoms with Crippen molar-refractivity contribution in [3.05, 3.63) is 12.2 Å². The molecule has 0 aromatic carbocycles. The standard InChI is InChI=1S/C18H34O2.2H3N/c1-2-3-4-5-6-7-8-9-10-11-12-13-14-15-16-17-18(19)20;;/h9-10H,2-8,11-17H2,1H3,(H,19,20);2*1H3/b10-9-;;. The quantitative estimate of drug-likeness (QED) is 0.239. The van der Waals surface area contributed by atoms with Crippen molar-refractivity contribution in [1.82, 2.24) is 12.3 Å². The van der Waals surface area contributed by atoms with Crippen LogP contribution >= 0.6 is 0 Å². The molecule has 0 radical (unpaired) electrons. The highest BCUT2D eigenvalue weighted by Gasteiger charge is 1.95. The molecule has 0 aromatic rings. The van der Waals surface area contributed by atoms with Gasteiger partial charge in [0.15, 0.2) is 0 Å². The summed E-state index contributed by atoms with van der Waals surface area (Å²) >= 11 is 0. The molecule has 0 aromatic heterocycles. The highest BCUT2D eigenvalue weighted by atomic mass is 16.4. The molecule has 0 saturated carbocycles. The fraction of sp³-hybridized carbons (Fsp3) is 0.833. The smallest absolute Gasteiger partial charge is 0.303 e. The topological polar surface area (TPSA) is 107 Å². The van der Waals surface area contributed by atoms with E-state index in [-0.39, 0.29) is 12.3 Å². The maximum atomic E-state index is 10.3. The number of rotatable bonds is 15. The van der Waals surface area contributed by atoms with Crippen molar-refractivity contribution in [3.63, 3.8) is 0 Å². The van der Waals surface area contributed by atoms with Crippen molar-refractivity contribution >= 4 is 5.97 Å². The van der Waals surface area contributed by atoms with Gasteiger partial charge in [-0.3, -0.25) is 4.79 Å². The number of unbranched alkanes of at least 4 members (excludes halogenated alkanes) is 11. The van der Waals surface area contributed by atoms with E-state index >= 15 is 0 Å². The molecule has 0 spiro atoms. The largest absolute Gasteiger partial charge is 0.481 e. The molecule has 0 atom stereocenters. The Hall–Kier alpha value is -0.870. The summed E-state index contributed by atoms with van der Waals surface area (Å²) in [5, 5.41) is 8.51. The zero-order valence-corrected chi connectivity index (χ0v) is 14.8. The first kappa shape index (κ1) is 26.0. The third-order valence-electron chi connectivity index (χ3n) is 3.65. The van der Waals surface area contributed by atoms with Gasteiger partial charge in [-0.05, 0) is 32.1 Å². The minimum Gasteiger partial charge on any atom is -0.481 e. The Morgan fingerprint density at radius 1 is 0.727 bits per heavy atom. The molecule has 0 aliphatic rings. The Balaban J connectivity index is -0.00000180. The summed E-state index contributed by atoms with van der Waals surface area (Å²) in [7, 11) is 0. The van der Waals surface area contributed by atoms with E-state index < -0.39 is 5.97 Å². The van der Waals surface area contributed by atoms with Crippen LogP contribution in [0, 0.1) is 0 Å². The van der Waals surface area contributed by atoms with Gasteiger partial charge < -0.3 is 17.4 Å². The number of carbonyl (C=O) groups is 1. The van der Waals surface area contributed by atoms with Crippen LogP contribution in [0.2, 0.25) is 0 Å². The van der Waals surface area contributed by atoms with Crippen LogP contribution in [0.5, 0.6) is 0 Å². The lowest BCUT2D eigenvalue weighted by Gasteiger charge is -1.99. The molecule has 0 bridgehead atoms. The molecule has 4 nitrogen and oxygen atoms in total. The van der Waals surface area contributed by atoms with Gasteiger partial charge in [0.25, 0.3) is 0 Å². The number of hydrogen-bond donors (Lipinski definition) is 3. The summed E-state index contributed by atoms with van der Waals surface area (Å²) in [5.41, 5.74) is 0. The molecule has 0 fully saturated rings. The molecule has 134 valence electrons. The van der Waals surface area contributed by atoms with Crippen molar-refractivity contribution in [2.24, 2.45) is 0 Å². The predicted molar refractivity (Wildman–Crippen MR) is 97.1 cm³/mol. The first-order valence-corrected chi connectivity index (χ1v) is 8.64. The summed E-state index contributed by atoms with van der Waals surface area (Å²) in [6, 6.07) is 0. The van der Waals surface area contributed by atoms with Gasteiger partial charge in [0.05, 0.1) is 0 Å². The fourth-order valence-electron chi connectivity index (χ4n) is 2.35. The summed E-state index contributed by atoms with van der Waals surface area (Å²) in [4.78, 5) is 10.3. The molecule has 0 aliphatic carbocycles. The first-order chi connectivity index (χ1) is 9.77. The first-order valence-electron chi connectivity index (χ1n) is 8.64. The molecule has 0 heterocycles. The van der Waals surface area contributed by atoms with Crippen LogP contribution in [-0.2, 0) is 4.79 Å². The third kappa shape index (κ3) is 24.2. The molecule has 0 amide bonds. The van der Waals surface area contributed by atoms with Crippen LogP contribution in [0.1, 0.15) is 96.8 Å². The Bertz CT molecular complexity index is 243. The lowest BCUT2D eigenvalue weighted by Crippen LogP contribution is -1.93. The molecular formula is C18H40N2O2. The average Bonchev–Trinajstić information content (AvgIpc) is 2.43. The van der Waals surface area contributed by atoms with Crippen molar-refractivity contribution in [1.29, 1.82) is 0 Å². The normalized spacial score (nSPS) is 10.2. The Labute approximate surface area is 137 Å². The van der Waals surface area contributed by atoms with E-state index in [2.05, 4.69) is 19.1 Å². The van der Waals surface area contributed by atoms with Crippen LogP contribution in [0.25, 0.3) is 0 Å². The Morgan fingerprint density at radius 2 is 1.14 bits per heavy atom. The van der Waals surface area contributed by atoms with E-state index in [0.29, 0.717) is 6.42 Å². The highest BCUT2D eigenvalue weighted by Crippen LogP contribution is 2.09. The number of allylic oxidation sites excluding steroid dienone is 2. The molecule has 22 heavy (non-hydrogen) atoms. The van der Waals surface area contributed by atoms with E-state index in [4.69, 9.17) is 5.11 Å². The monoisotopic (exact) mass is 316 g/mol.